The van der Waals surface area contributed by atoms with Crippen LogP contribution in [0.25, 0.3) is 0 Å². The van der Waals surface area contributed by atoms with Crippen LogP contribution in [-0.2, 0) is 6.16 Å². The van der Waals surface area contributed by atoms with Gasteiger partial charge in [-0.25, -0.2) is 0 Å². The lowest BCUT2D eigenvalue weighted by molar-refractivity contribution is 0.631. The average molecular weight is 242 g/mol. The monoisotopic (exact) mass is 242 g/mol. The molecule has 0 radical (unpaired) electrons. The van der Waals surface area contributed by atoms with Gasteiger partial charge in [0.15, 0.2) is 0 Å². The second-order valence-corrected chi connectivity index (χ2v) is 7.63. The Morgan fingerprint density at radius 1 is 1.12 bits per heavy atom. The number of hydrogen-bond donors (Lipinski definition) is 0. The van der Waals surface area contributed by atoms with E-state index in [1.807, 2.05) is 0 Å². The van der Waals surface area contributed by atoms with Crippen LogP contribution < -0.4 is 0 Å². The van der Waals surface area contributed by atoms with Crippen LogP contribution in [0.3, 0.4) is 0 Å². The van der Waals surface area contributed by atoms with Crippen molar-refractivity contribution in [3.63, 3.8) is 0 Å². The zero-order valence-electron chi connectivity index (χ0n) is 10.1. The largest absolute Gasteiger partial charge is 0.0981 e. The first-order chi connectivity index (χ1) is 8.43. The molecule has 0 aromatic heterocycles. The molecule has 3 unspecified atom stereocenters. The van der Waals surface area contributed by atoms with Gasteiger partial charge in [0.05, 0.1) is 0 Å². The molecule has 0 saturated carbocycles. The summed E-state index contributed by atoms with van der Waals surface area (Å²) in [5.74, 6) is 0.861. The molecule has 1 aliphatic carbocycles. The summed E-state index contributed by atoms with van der Waals surface area (Å²) in [5, 5.41) is 0. The van der Waals surface area contributed by atoms with Crippen LogP contribution in [0.15, 0.2) is 54.6 Å². The number of rotatable bonds is 2. The molecule has 1 aromatic rings. The molecule has 3 rings (SSSR count). The molecule has 2 aliphatic rings. The summed E-state index contributed by atoms with van der Waals surface area (Å²) in [7, 11) is 0.202. The zero-order valence-corrected chi connectivity index (χ0v) is 11.0. The highest BCUT2D eigenvalue weighted by molar-refractivity contribution is 7.58. The van der Waals surface area contributed by atoms with Gasteiger partial charge in [-0.1, -0.05) is 62.6 Å². The van der Waals surface area contributed by atoms with Gasteiger partial charge in [0.2, 0.25) is 0 Å². The fraction of sp³-hybridized carbons (Fsp3) is 0.375. The molecule has 0 nitrogen and oxygen atoms in total. The van der Waals surface area contributed by atoms with Crippen LogP contribution in [0.4, 0.5) is 0 Å². The Kier molecular flexibility index (Phi) is 3.43. The highest BCUT2D eigenvalue weighted by Gasteiger charge is 2.33. The Morgan fingerprint density at radius 2 is 2.00 bits per heavy atom. The fourth-order valence-electron chi connectivity index (χ4n) is 3.01. The molecule has 1 fully saturated rings. The predicted octanol–water partition coefficient (Wildman–Crippen LogP) is 4.57. The van der Waals surface area contributed by atoms with Crippen LogP contribution in [-0.4, -0.2) is 11.8 Å². The van der Waals surface area contributed by atoms with Gasteiger partial charge in [-0.2, -0.15) is 0 Å². The van der Waals surface area contributed by atoms with E-state index in [0.717, 1.165) is 11.6 Å². The Balaban J connectivity index is 1.72. The van der Waals surface area contributed by atoms with Gasteiger partial charge >= 0.3 is 0 Å². The molecule has 0 spiro atoms. The van der Waals surface area contributed by atoms with Gasteiger partial charge in [-0.05, 0) is 42.3 Å². The zero-order chi connectivity index (χ0) is 11.5. The van der Waals surface area contributed by atoms with E-state index in [2.05, 4.69) is 54.6 Å². The Morgan fingerprint density at radius 3 is 2.88 bits per heavy atom. The quantitative estimate of drug-likeness (QED) is 0.666. The third kappa shape index (κ3) is 2.53. The minimum atomic E-state index is 0.202. The maximum absolute atomic E-state index is 2.45. The average Bonchev–Trinajstić information content (AvgIpc) is 2.61. The molecule has 1 aliphatic heterocycles. The van der Waals surface area contributed by atoms with E-state index < -0.39 is 0 Å². The number of benzene rings is 1. The second kappa shape index (κ2) is 5.19. The second-order valence-electron chi connectivity index (χ2n) is 5.02. The Bertz CT molecular complexity index is 418. The van der Waals surface area contributed by atoms with Crippen molar-refractivity contribution in [1.82, 2.24) is 0 Å². The van der Waals surface area contributed by atoms with Crippen LogP contribution in [0, 0.1) is 5.92 Å². The van der Waals surface area contributed by atoms with Crippen molar-refractivity contribution < 1.29 is 0 Å². The minimum absolute atomic E-state index is 0.202. The number of allylic oxidation sites excluding steroid dienone is 4. The van der Waals surface area contributed by atoms with Crippen molar-refractivity contribution in [2.45, 2.75) is 24.7 Å². The van der Waals surface area contributed by atoms with Crippen molar-refractivity contribution >= 4 is 7.92 Å². The minimum Gasteiger partial charge on any atom is -0.0981 e. The van der Waals surface area contributed by atoms with E-state index in [4.69, 9.17) is 0 Å². The van der Waals surface area contributed by atoms with Crippen molar-refractivity contribution in [3.05, 3.63) is 60.2 Å². The summed E-state index contributed by atoms with van der Waals surface area (Å²) in [6.45, 7) is 0. The van der Waals surface area contributed by atoms with Gasteiger partial charge in [-0.15, -0.1) is 0 Å². The predicted molar refractivity (Wildman–Crippen MR) is 76.7 cm³/mol. The summed E-state index contributed by atoms with van der Waals surface area (Å²) in [5.41, 5.74) is 2.48. The molecule has 1 aromatic carbocycles. The van der Waals surface area contributed by atoms with E-state index >= 15 is 0 Å². The third-order valence-electron chi connectivity index (χ3n) is 3.92. The highest BCUT2D eigenvalue weighted by Crippen LogP contribution is 2.57. The molecular weight excluding hydrogens is 223 g/mol. The lowest BCUT2D eigenvalue weighted by atomic mass is 10.0. The maximum Gasteiger partial charge on any atom is -0.00703 e. The van der Waals surface area contributed by atoms with Gasteiger partial charge in [0.1, 0.15) is 0 Å². The molecule has 1 heterocycles. The van der Waals surface area contributed by atoms with E-state index in [1.54, 1.807) is 0 Å². The highest BCUT2D eigenvalue weighted by atomic mass is 31.1. The van der Waals surface area contributed by atoms with Crippen LogP contribution in [0.2, 0.25) is 0 Å². The van der Waals surface area contributed by atoms with E-state index in [9.17, 15) is 0 Å². The molecule has 0 N–H and O–H groups in total. The first-order valence-electron chi connectivity index (χ1n) is 6.55. The van der Waals surface area contributed by atoms with Crippen molar-refractivity contribution in [2.75, 3.05) is 6.16 Å². The molecule has 17 heavy (non-hydrogen) atoms. The van der Waals surface area contributed by atoms with Crippen LogP contribution in [0.1, 0.15) is 18.4 Å². The van der Waals surface area contributed by atoms with Crippen molar-refractivity contribution in [1.29, 1.82) is 0 Å². The molecule has 3 atom stereocenters. The standard InChI is InChI=1S/C16H19P/c1-3-7-14(8-4-1)13-17-12-11-15-9-5-2-6-10-16(15)17/h1-9,15-16H,10-13H2. The van der Waals surface area contributed by atoms with E-state index in [0.29, 0.717) is 0 Å². The topological polar surface area (TPSA) is 0 Å². The number of hydrogen-bond acceptors (Lipinski definition) is 0. The van der Waals surface area contributed by atoms with E-state index in [1.165, 1.54) is 30.7 Å². The molecule has 0 amide bonds. The molecule has 1 saturated heterocycles. The fourth-order valence-corrected chi connectivity index (χ4v) is 6.25. The lowest BCUT2D eigenvalue weighted by Crippen LogP contribution is -2.09. The van der Waals surface area contributed by atoms with Crippen molar-refractivity contribution in [3.8, 4) is 0 Å². The summed E-state index contributed by atoms with van der Waals surface area (Å²) in [6.07, 6.45) is 14.8. The molecular formula is C16H19P. The Hall–Kier alpha value is -0.870. The summed E-state index contributed by atoms with van der Waals surface area (Å²) >= 11 is 0. The molecule has 88 valence electrons. The Labute approximate surface area is 105 Å². The third-order valence-corrected chi connectivity index (χ3v) is 7.06. The van der Waals surface area contributed by atoms with E-state index in [-0.39, 0.29) is 7.92 Å². The van der Waals surface area contributed by atoms with Crippen LogP contribution in [0.5, 0.6) is 0 Å². The molecule has 0 bridgehead atoms. The smallest absolute Gasteiger partial charge is 0.00703 e. The van der Waals surface area contributed by atoms with Gasteiger partial charge in [-0.3, -0.25) is 0 Å². The summed E-state index contributed by atoms with van der Waals surface area (Å²) in [4.78, 5) is 0. The first-order valence-corrected chi connectivity index (χ1v) is 8.33. The van der Waals surface area contributed by atoms with Gasteiger partial charge < -0.3 is 0 Å². The van der Waals surface area contributed by atoms with Crippen LogP contribution >= 0.6 is 7.92 Å². The first kappa shape index (κ1) is 11.2. The molecule has 1 heteroatoms. The van der Waals surface area contributed by atoms with Gasteiger partial charge in [0.25, 0.3) is 0 Å². The normalized spacial score (nSPS) is 31.2. The summed E-state index contributed by atoms with van der Waals surface area (Å²) < 4.78 is 0. The van der Waals surface area contributed by atoms with Gasteiger partial charge in [0, 0.05) is 0 Å². The number of fused-ring (bicyclic) bond motifs is 1. The SMILES string of the molecule is C1=CCC2C(C=C1)CCP2Cc1ccccc1. The lowest BCUT2D eigenvalue weighted by Gasteiger charge is -2.22. The maximum atomic E-state index is 2.45. The summed E-state index contributed by atoms with van der Waals surface area (Å²) in [6, 6.07) is 11.0. The van der Waals surface area contributed by atoms with Crippen molar-refractivity contribution in [2.24, 2.45) is 5.92 Å².